The highest BCUT2D eigenvalue weighted by Gasteiger charge is 2.28. The van der Waals surface area contributed by atoms with E-state index in [2.05, 4.69) is 62.1 Å². The Morgan fingerprint density at radius 1 is 0.868 bits per heavy atom. The molecule has 8 rings (SSSR count). The topological polar surface area (TPSA) is 96.1 Å². The van der Waals surface area contributed by atoms with Crippen LogP contribution in [-0.4, -0.2) is 36.7 Å². The van der Waals surface area contributed by atoms with Crippen molar-refractivity contribution in [2.75, 3.05) is 11.4 Å². The Balaban J connectivity index is 1.19. The number of hydrogen-bond acceptors (Lipinski definition) is 4. The van der Waals surface area contributed by atoms with Crippen LogP contribution in [-0.2, 0) is 51.7 Å². The molecule has 4 aromatic heterocycles. The number of hydrogen-bond donors (Lipinski definition) is 2. The van der Waals surface area contributed by atoms with E-state index in [9.17, 15) is 14.7 Å². The van der Waals surface area contributed by atoms with Gasteiger partial charge in [-0.3, -0.25) is 9.78 Å². The molecule has 8 nitrogen and oxygen atoms in total. The van der Waals surface area contributed by atoms with E-state index in [0.717, 1.165) is 79.7 Å². The van der Waals surface area contributed by atoms with Gasteiger partial charge in [-0.05, 0) is 118 Å². The van der Waals surface area contributed by atoms with Crippen LogP contribution in [0.15, 0.2) is 65.7 Å². The Bertz CT molecular complexity index is 2400. The van der Waals surface area contributed by atoms with Gasteiger partial charge >= 0.3 is 5.97 Å². The van der Waals surface area contributed by atoms with Gasteiger partial charge in [-0.25, -0.2) is 4.79 Å². The molecule has 1 unspecified atom stereocenters. The van der Waals surface area contributed by atoms with Crippen LogP contribution >= 0.6 is 0 Å². The van der Waals surface area contributed by atoms with Crippen molar-refractivity contribution in [2.24, 2.45) is 5.92 Å². The summed E-state index contributed by atoms with van der Waals surface area (Å²) >= 11 is 0. The molecule has 0 saturated heterocycles. The number of aromatic carboxylic acids is 1. The normalized spacial score (nSPS) is 16.3. The lowest BCUT2D eigenvalue weighted by molar-refractivity contribution is 0.0697. The molecule has 2 aromatic carbocycles. The van der Waals surface area contributed by atoms with Crippen LogP contribution in [0.1, 0.15) is 93.6 Å². The average molecular weight is 710 g/mol. The fourth-order valence-corrected chi connectivity index (χ4v) is 9.06. The van der Waals surface area contributed by atoms with Gasteiger partial charge in [0.2, 0.25) is 0 Å². The summed E-state index contributed by atoms with van der Waals surface area (Å²) in [7, 11) is 0. The van der Waals surface area contributed by atoms with Gasteiger partial charge in [-0.2, -0.15) is 0 Å². The summed E-state index contributed by atoms with van der Waals surface area (Å²) in [4.78, 5) is 35.4. The molecule has 53 heavy (non-hydrogen) atoms. The second-order valence-electron chi connectivity index (χ2n) is 15.7. The summed E-state index contributed by atoms with van der Waals surface area (Å²) in [6.07, 6.45) is 13.3. The van der Waals surface area contributed by atoms with Crippen molar-refractivity contribution in [1.82, 2.24) is 19.1 Å². The lowest BCUT2D eigenvalue weighted by Gasteiger charge is -2.32. The Morgan fingerprint density at radius 3 is 2.45 bits per heavy atom. The first kappa shape index (κ1) is 34.9. The lowest BCUT2D eigenvalue weighted by atomic mass is 9.96. The third-order valence-electron chi connectivity index (χ3n) is 12.0. The maximum atomic E-state index is 12.9. The van der Waals surface area contributed by atoms with Crippen LogP contribution in [0.4, 0.5) is 5.69 Å². The molecular weight excluding hydrogens is 659 g/mol. The fraction of sp³-hybridized carbons (Fsp3) is 0.400. The molecule has 1 aliphatic heterocycles. The van der Waals surface area contributed by atoms with Crippen LogP contribution in [0.25, 0.3) is 21.8 Å². The molecule has 5 heterocycles. The molecule has 0 amide bonds. The van der Waals surface area contributed by atoms with Crippen LogP contribution in [0.2, 0.25) is 0 Å². The average Bonchev–Trinajstić information content (AvgIpc) is 3.63. The molecule has 0 saturated carbocycles. The maximum absolute atomic E-state index is 12.9. The zero-order valence-electron chi connectivity index (χ0n) is 31.6. The number of rotatable bonds is 8. The van der Waals surface area contributed by atoms with Crippen molar-refractivity contribution in [2.45, 2.75) is 105 Å². The Labute approximate surface area is 311 Å². The van der Waals surface area contributed by atoms with E-state index in [4.69, 9.17) is 0 Å². The van der Waals surface area contributed by atoms with E-state index < -0.39 is 5.97 Å². The third kappa shape index (κ3) is 6.80. The molecule has 2 N–H and O–H groups in total. The standard InChI is InChI=1S/C45H51N5O3/c1-28-7-5-6-8-39-35(13-9-28)36-21-29(2)42(24-43(36)50(39)20-16-34-26-47-31(4)22-44(34)51)48-18-17-41-38(27-48)37-23-33(45(52)53)12-14-40(37)49(41)19-15-32-11-10-30(3)46-25-32/h10-12,14,21-26,28H,5-9,13,15-20,27H2,1-4H3,(H,47,51)(H,52,53). The fourth-order valence-electron chi connectivity index (χ4n) is 9.06. The van der Waals surface area contributed by atoms with E-state index in [1.165, 1.54) is 75.9 Å². The number of fused-ring (bicyclic) bond motifs is 6. The third-order valence-corrected chi connectivity index (χ3v) is 12.0. The number of carbonyl (C=O) groups is 1. The number of aromatic amines is 1. The Kier molecular flexibility index (Phi) is 9.48. The van der Waals surface area contributed by atoms with E-state index >= 15 is 0 Å². The van der Waals surface area contributed by atoms with E-state index in [-0.39, 0.29) is 5.43 Å². The minimum absolute atomic E-state index is 0.104. The molecular formula is C45H51N5O3. The zero-order valence-corrected chi connectivity index (χ0v) is 31.6. The van der Waals surface area contributed by atoms with Crippen LogP contribution in [0.3, 0.4) is 0 Å². The Morgan fingerprint density at radius 2 is 1.66 bits per heavy atom. The summed E-state index contributed by atoms with van der Waals surface area (Å²) < 4.78 is 4.97. The van der Waals surface area contributed by atoms with Gasteiger partial charge in [0.1, 0.15) is 0 Å². The van der Waals surface area contributed by atoms with E-state index in [1.54, 1.807) is 12.1 Å². The molecule has 1 aliphatic carbocycles. The number of aromatic nitrogens is 4. The predicted octanol–water partition coefficient (Wildman–Crippen LogP) is 8.65. The smallest absolute Gasteiger partial charge is 0.335 e. The molecule has 2 aliphatic rings. The SMILES string of the molecule is Cc1ccc(CCn2c3c(c4cc(C(=O)O)ccc42)CN(c2cc4c(cc2C)c2c(n4CCc4c[nH]c(C)cc4=O)CCCCC(C)CC2)CC3)cn1. The number of H-pyrrole nitrogens is 1. The minimum atomic E-state index is -0.901. The van der Waals surface area contributed by atoms with Crippen molar-refractivity contribution in [3.63, 3.8) is 0 Å². The molecule has 0 fully saturated rings. The van der Waals surface area contributed by atoms with E-state index in [1.807, 2.05) is 38.4 Å². The van der Waals surface area contributed by atoms with Gasteiger partial charge in [0.25, 0.3) is 0 Å². The number of aryl methyl sites for hydroxylation is 8. The zero-order chi connectivity index (χ0) is 36.8. The van der Waals surface area contributed by atoms with Gasteiger partial charge in [0.15, 0.2) is 5.43 Å². The quantitative estimate of drug-likeness (QED) is 0.165. The monoisotopic (exact) mass is 709 g/mol. The van der Waals surface area contributed by atoms with Crippen LogP contribution < -0.4 is 10.3 Å². The van der Waals surface area contributed by atoms with Gasteiger partial charge < -0.3 is 24.1 Å². The van der Waals surface area contributed by atoms with Crippen molar-refractivity contribution in [3.8, 4) is 0 Å². The number of carboxylic acid groups (broad SMARTS) is 1. The highest BCUT2D eigenvalue weighted by atomic mass is 16.4. The number of benzene rings is 2. The number of pyridine rings is 2. The molecule has 274 valence electrons. The van der Waals surface area contributed by atoms with Crippen molar-refractivity contribution in [1.29, 1.82) is 0 Å². The highest BCUT2D eigenvalue weighted by molar-refractivity contribution is 5.96. The second kappa shape index (κ2) is 14.4. The van der Waals surface area contributed by atoms with Gasteiger partial charge in [0.05, 0.1) is 11.1 Å². The van der Waals surface area contributed by atoms with Gasteiger partial charge in [-0.15, -0.1) is 0 Å². The molecule has 0 radical (unpaired) electrons. The number of nitrogens with zero attached hydrogens (tertiary/aromatic N) is 4. The Hall–Kier alpha value is -5.11. The molecule has 8 heteroatoms. The predicted molar refractivity (Wildman–Crippen MR) is 214 cm³/mol. The van der Waals surface area contributed by atoms with Crippen molar-refractivity contribution < 1.29 is 9.90 Å². The highest BCUT2D eigenvalue weighted by Crippen LogP contribution is 2.39. The van der Waals surface area contributed by atoms with Crippen molar-refractivity contribution in [3.05, 3.63) is 127 Å². The first-order valence-electron chi connectivity index (χ1n) is 19.5. The number of nitrogens with one attached hydrogen (secondary N) is 1. The van der Waals surface area contributed by atoms with Crippen LogP contribution in [0, 0.1) is 26.7 Å². The summed E-state index contributed by atoms with van der Waals surface area (Å²) in [5.74, 6) is -0.187. The summed E-state index contributed by atoms with van der Waals surface area (Å²) in [5, 5.41) is 12.3. The second-order valence-corrected chi connectivity index (χ2v) is 15.7. The molecule has 0 bridgehead atoms. The summed E-state index contributed by atoms with van der Waals surface area (Å²) in [5.41, 5.74) is 14.7. The summed E-state index contributed by atoms with van der Waals surface area (Å²) in [6.45, 7) is 11.8. The van der Waals surface area contributed by atoms with E-state index in [0.29, 0.717) is 17.9 Å². The maximum Gasteiger partial charge on any atom is 0.335 e. The van der Waals surface area contributed by atoms with Crippen LogP contribution in [0.5, 0.6) is 0 Å². The van der Waals surface area contributed by atoms with Gasteiger partial charge in [0, 0.05) is 107 Å². The number of anilines is 1. The molecule has 6 aromatic rings. The number of carboxylic acids is 1. The molecule has 1 atom stereocenters. The summed E-state index contributed by atoms with van der Waals surface area (Å²) in [6, 6.07) is 16.4. The largest absolute Gasteiger partial charge is 0.478 e. The first-order valence-corrected chi connectivity index (χ1v) is 19.5. The first-order chi connectivity index (χ1) is 25.6. The molecule has 0 spiro atoms. The minimum Gasteiger partial charge on any atom is -0.478 e. The lowest BCUT2D eigenvalue weighted by Crippen LogP contribution is -2.31. The van der Waals surface area contributed by atoms with Gasteiger partial charge in [-0.1, -0.05) is 25.8 Å². The van der Waals surface area contributed by atoms with Crippen molar-refractivity contribution >= 4 is 33.5 Å².